The fraction of sp³-hybridized carbons (Fsp3) is 0.316. The van der Waals surface area contributed by atoms with E-state index in [0.717, 1.165) is 41.8 Å². The predicted octanol–water partition coefficient (Wildman–Crippen LogP) is 3.55. The third-order valence-corrected chi connectivity index (χ3v) is 4.43. The molecule has 0 spiro atoms. The highest BCUT2D eigenvalue weighted by Crippen LogP contribution is 2.34. The summed E-state index contributed by atoms with van der Waals surface area (Å²) in [5.41, 5.74) is 8.50. The monoisotopic (exact) mass is 346 g/mol. The van der Waals surface area contributed by atoms with Crippen LogP contribution in [-0.2, 0) is 6.54 Å². The van der Waals surface area contributed by atoms with Crippen molar-refractivity contribution in [2.75, 3.05) is 13.7 Å². The standard InChI is InChI=1S/C19H22N2O2.ClH/c1-23-17-5-2-4-16(12-17)18-6-3-11-21(18)19(22)15-9-7-14(13-20)8-10-15;/h2,4-5,7-10,12,18H,3,6,11,13,20H2,1H3;1H. The Hall–Kier alpha value is -2.04. The van der Waals surface area contributed by atoms with Gasteiger partial charge in [0.1, 0.15) is 5.75 Å². The summed E-state index contributed by atoms with van der Waals surface area (Å²) in [6.07, 6.45) is 2.01. The van der Waals surface area contributed by atoms with Crippen molar-refractivity contribution >= 4 is 18.3 Å². The van der Waals surface area contributed by atoms with Crippen molar-refractivity contribution < 1.29 is 9.53 Å². The predicted molar refractivity (Wildman–Crippen MR) is 97.6 cm³/mol. The van der Waals surface area contributed by atoms with E-state index in [2.05, 4.69) is 6.07 Å². The minimum Gasteiger partial charge on any atom is -0.497 e. The van der Waals surface area contributed by atoms with E-state index in [1.807, 2.05) is 47.4 Å². The molecule has 1 fully saturated rings. The third kappa shape index (κ3) is 3.71. The first-order valence-corrected chi connectivity index (χ1v) is 7.97. The SMILES string of the molecule is COc1cccc(C2CCCN2C(=O)c2ccc(CN)cc2)c1.Cl. The summed E-state index contributed by atoms with van der Waals surface area (Å²) < 4.78 is 5.31. The van der Waals surface area contributed by atoms with Crippen molar-refractivity contribution in [3.63, 3.8) is 0 Å². The number of likely N-dealkylation sites (tertiary alicyclic amines) is 1. The van der Waals surface area contributed by atoms with E-state index in [-0.39, 0.29) is 24.4 Å². The van der Waals surface area contributed by atoms with Crippen LogP contribution in [0.3, 0.4) is 0 Å². The number of nitrogens with zero attached hydrogens (tertiary/aromatic N) is 1. The number of carbonyl (C=O) groups is 1. The van der Waals surface area contributed by atoms with E-state index in [4.69, 9.17) is 10.5 Å². The van der Waals surface area contributed by atoms with Crippen LogP contribution in [0.4, 0.5) is 0 Å². The molecule has 0 radical (unpaired) electrons. The van der Waals surface area contributed by atoms with Gasteiger partial charge in [-0.25, -0.2) is 0 Å². The molecular formula is C19H23ClN2O2. The maximum atomic E-state index is 12.8. The number of hydrogen-bond donors (Lipinski definition) is 1. The normalized spacial score (nSPS) is 16.6. The highest BCUT2D eigenvalue weighted by molar-refractivity contribution is 5.94. The van der Waals surface area contributed by atoms with E-state index < -0.39 is 0 Å². The average molecular weight is 347 g/mol. The summed E-state index contributed by atoms with van der Waals surface area (Å²) >= 11 is 0. The second kappa shape index (κ2) is 8.18. The molecule has 1 atom stereocenters. The number of nitrogens with two attached hydrogens (primary N) is 1. The molecule has 1 amide bonds. The van der Waals surface area contributed by atoms with Crippen molar-refractivity contribution in [1.82, 2.24) is 4.90 Å². The first-order chi connectivity index (χ1) is 11.2. The molecule has 2 aromatic carbocycles. The zero-order chi connectivity index (χ0) is 16.2. The molecule has 2 N–H and O–H groups in total. The maximum Gasteiger partial charge on any atom is 0.254 e. The lowest BCUT2D eigenvalue weighted by molar-refractivity contribution is 0.0735. The van der Waals surface area contributed by atoms with Gasteiger partial charge in [0.15, 0.2) is 0 Å². The third-order valence-electron chi connectivity index (χ3n) is 4.43. The van der Waals surface area contributed by atoms with Gasteiger partial charge in [-0.05, 0) is 48.2 Å². The van der Waals surface area contributed by atoms with E-state index >= 15 is 0 Å². The van der Waals surface area contributed by atoms with Crippen LogP contribution in [0.2, 0.25) is 0 Å². The first-order valence-electron chi connectivity index (χ1n) is 7.97. The van der Waals surface area contributed by atoms with Gasteiger partial charge < -0.3 is 15.4 Å². The fourth-order valence-electron chi connectivity index (χ4n) is 3.15. The number of benzene rings is 2. The van der Waals surface area contributed by atoms with Crippen molar-refractivity contribution in [2.24, 2.45) is 5.73 Å². The molecule has 1 saturated heterocycles. The number of amides is 1. The van der Waals surface area contributed by atoms with Gasteiger partial charge >= 0.3 is 0 Å². The summed E-state index contributed by atoms with van der Waals surface area (Å²) in [6, 6.07) is 15.7. The Balaban J connectivity index is 0.00000208. The number of ether oxygens (including phenoxy) is 1. The number of carbonyl (C=O) groups excluding carboxylic acids is 1. The lowest BCUT2D eigenvalue weighted by Gasteiger charge is -2.25. The zero-order valence-electron chi connectivity index (χ0n) is 13.8. The Morgan fingerprint density at radius 2 is 2.00 bits per heavy atom. The molecular weight excluding hydrogens is 324 g/mol. The van der Waals surface area contributed by atoms with Crippen LogP contribution in [0.15, 0.2) is 48.5 Å². The molecule has 4 nitrogen and oxygen atoms in total. The fourth-order valence-corrected chi connectivity index (χ4v) is 3.15. The number of rotatable bonds is 4. The Morgan fingerprint density at radius 3 is 2.67 bits per heavy atom. The molecule has 2 aromatic rings. The summed E-state index contributed by atoms with van der Waals surface area (Å²) in [7, 11) is 1.66. The summed E-state index contributed by atoms with van der Waals surface area (Å²) in [5.74, 6) is 0.910. The first kappa shape index (κ1) is 18.3. The molecule has 0 aliphatic carbocycles. The Bertz CT molecular complexity index is 688. The van der Waals surface area contributed by atoms with Gasteiger partial charge in [0, 0.05) is 18.7 Å². The van der Waals surface area contributed by atoms with Gasteiger partial charge in [0.05, 0.1) is 13.2 Å². The van der Waals surface area contributed by atoms with E-state index in [1.54, 1.807) is 7.11 Å². The zero-order valence-corrected chi connectivity index (χ0v) is 14.6. The van der Waals surface area contributed by atoms with Crippen LogP contribution in [-0.4, -0.2) is 24.5 Å². The number of hydrogen-bond acceptors (Lipinski definition) is 3. The molecule has 128 valence electrons. The van der Waals surface area contributed by atoms with Crippen molar-refractivity contribution in [1.29, 1.82) is 0 Å². The molecule has 1 aliphatic heterocycles. The Kier molecular flexibility index (Phi) is 6.23. The van der Waals surface area contributed by atoms with Crippen molar-refractivity contribution in [3.05, 3.63) is 65.2 Å². The molecule has 24 heavy (non-hydrogen) atoms. The van der Waals surface area contributed by atoms with Crippen molar-refractivity contribution in [3.8, 4) is 5.75 Å². The number of halogens is 1. The van der Waals surface area contributed by atoms with E-state index in [0.29, 0.717) is 6.54 Å². The number of methoxy groups -OCH3 is 1. The van der Waals surface area contributed by atoms with E-state index in [1.165, 1.54) is 0 Å². The Labute approximate surface area is 149 Å². The van der Waals surface area contributed by atoms with Crippen LogP contribution in [0.25, 0.3) is 0 Å². The van der Waals surface area contributed by atoms with Gasteiger partial charge in [-0.2, -0.15) is 0 Å². The lowest BCUT2D eigenvalue weighted by Crippen LogP contribution is -2.30. The Morgan fingerprint density at radius 1 is 1.25 bits per heavy atom. The smallest absolute Gasteiger partial charge is 0.254 e. The molecule has 1 heterocycles. The van der Waals surface area contributed by atoms with Crippen LogP contribution in [0, 0.1) is 0 Å². The van der Waals surface area contributed by atoms with Crippen LogP contribution in [0.5, 0.6) is 5.75 Å². The average Bonchev–Trinajstić information content (AvgIpc) is 3.11. The molecule has 0 saturated carbocycles. The molecule has 0 aromatic heterocycles. The lowest BCUT2D eigenvalue weighted by atomic mass is 10.0. The van der Waals surface area contributed by atoms with Crippen LogP contribution in [0.1, 0.15) is 40.4 Å². The van der Waals surface area contributed by atoms with Gasteiger partial charge in [0.25, 0.3) is 5.91 Å². The second-order valence-electron chi connectivity index (χ2n) is 5.83. The van der Waals surface area contributed by atoms with Gasteiger partial charge in [0.2, 0.25) is 0 Å². The molecule has 0 bridgehead atoms. The summed E-state index contributed by atoms with van der Waals surface area (Å²) in [6.45, 7) is 1.28. The highest BCUT2D eigenvalue weighted by Gasteiger charge is 2.30. The van der Waals surface area contributed by atoms with Gasteiger partial charge in [-0.3, -0.25) is 4.79 Å². The van der Waals surface area contributed by atoms with Gasteiger partial charge in [-0.15, -0.1) is 12.4 Å². The van der Waals surface area contributed by atoms with E-state index in [9.17, 15) is 4.79 Å². The molecule has 3 rings (SSSR count). The largest absolute Gasteiger partial charge is 0.497 e. The highest BCUT2D eigenvalue weighted by atomic mass is 35.5. The topological polar surface area (TPSA) is 55.6 Å². The van der Waals surface area contributed by atoms with Gasteiger partial charge in [-0.1, -0.05) is 24.3 Å². The molecule has 5 heteroatoms. The minimum atomic E-state index is 0. The van der Waals surface area contributed by atoms with Crippen LogP contribution >= 0.6 is 12.4 Å². The summed E-state index contributed by atoms with van der Waals surface area (Å²) in [4.78, 5) is 14.8. The summed E-state index contributed by atoms with van der Waals surface area (Å²) in [5, 5.41) is 0. The maximum absolute atomic E-state index is 12.8. The van der Waals surface area contributed by atoms with Crippen LogP contribution < -0.4 is 10.5 Å². The minimum absolute atomic E-state index is 0. The second-order valence-corrected chi connectivity index (χ2v) is 5.83. The molecule has 1 unspecified atom stereocenters. The van der Waals surface area contributed by atoms with Crippen molar-refractivity contribution in [2.45, 2.75) is 25.4 Å². The quantitative estimate of drug-likeness (QED) is 0.921. The molecule has 1 aliphatic rings.